The summed E-state index contributed by atoms with van der Waals surface area (Å²) in [5.74, 6) is 2.72. The summed E-state index contributed by atoms with van der Waals surface area (Å²) in [4.78, 5) is 7.50. The van der Waals surface area contributed by atoms with Crippen molar-refractivity contribution in [3.05, 3.63) is 30.3 Å². The van der Waals surface area contributed by atoms with Gasteiger partial charge in [0.2, 0.25) is 0 Å². The highest BCUT2D eigenvalue weighted by atomic mass is 127. The molecule has 2 atom stereocenters. The predicted molar refractivity (Wildman–Crippen MR) is 122 cm³/mol. The molecule has 0 radical (unpaired) electrons. The zero-order valence-corrected chi connectivity index (χ0v) is 19.3. The van der Waals surface area contributed by atoms with E-state index in [1.165, 1.54) is 25.7 Å². The van der Waals surface area contributed by atoms with Crippen molar-refractivity contribution in [3.63, 3.8) is 0 Å². The van der Waals surface area contributed by atoms with Crippen LogP contribution in [0.1, 0.15) is 39.0 Å². The third-order valence-electron chi connectivity index (χ3n) is 5.55. The van der Waals surface area contributed by atoms with Crippen LogP contribution in [-0.4, -0.2) is 51.2 Å². The zero-order chi connectivity index (χ0) is 18.4. The van der Waals surface area contributed by atoms with Gasteiger partial charge in [-0.1, -0.05) is 31.0 Å². The van der Waals surface area contributed by atoms with Crippen molar-refractivity contribution in [3.8, 4) is 0 Å². The molecule has 1 aliphatic heterocycles. The van der Waals surface area contributed by atoms with Crippen molar-refractivity contribution < 1.29 is 8.42 Å². The Morgan fingerprint density at radius 2 is 1.78 bits per heavy atom. The lowest BCUT2D eigenvalue weighted by atomic mass is 9.82. The third kappa shape index (κ3) is 6.07. The van der Waals surface area contributed by atoms with Gasteiger partial charge in [0.15, 0.2) is 15.8 Å². The molecule has 2 aliphatic rings. The molecule has 27 heavy (non-hydrogen) atoms. The SMILES string of the molecule is CCNC(=NCCCS(=O)(=O)c1ccccc1)N1CC2CCCCC2C1.I. The minimum atomic E-state index is -3.21. The van der Waals surface area contributed by atoms with Crippen LogP contribution in [0, 0.1) is 11.8 Å². The molecule has 2 unspecified atom stereocenters. The van der Waals surface area contributed by atoms with Crippen molar-refractivity contribution in [1.29, 1.82) is 0 Å². The van der Waals surface area contributed by atoms with Crippen LogP contribution in [0.2, 0.25) is 0 Å². The van der Waals surface area contributed by atoms with Gasteiger partial charge in [-0.15, -0.1) is 24.0 Å². The van der Waals surface area contributed by atoms with E-state index in [1.807, 2.05) is 6.07 Å². The summed E-state index contributed by atoms with van der Waals surface area (Å²) in [7, 11) is -3.21. The molecule has 7 heteroatoms. The van der Waals surface area contributed by atoms with Crippen LogP contribution in [0.3, 0.4) is 0 Å². The van der Waals surface area contributed by atoms with E-state index in [9.17, 15) is 8.42 Å². The van der Waals surface area contributed by atoms with Crippen molar-refractivity contribution in [1.82, 2.24) is 10.2 Å². The van der Waals surface area contributed by atoms with E-state index in [2.05, 4.69) is 17.1 Å². The number of nitrogens with zero attached hydrogens (tertiary/aromatic N) is 2. The summed E-state index contributed by atoms with van der Waals surface area (Å²) in [5.41, 5.74) is 0. The molecule has 1 saturated carbocycles. The first-order valence-corrected chi connectivity index (χ1v) is 11.6. The Kier molecular flexibility index (Phi) is 8.85. The van der Waals surface area contributed by atoms with Gasteiger partial charge in [-0.25, -0.2) is 8.42 Å². The van der Waals surface area contributed by atoms with E-state index < -0.39 is 9.84 Å². The van der Waals surface area contributed by atoms with Crippen molar-refractivity contribution in [2.45, 2.75) is 43.9 Å². The standard InChI is InChI=1S/C20H31N3O2S.HI/c1-2-21-20(23-15-17-9-6-7-10-18(17)16-23)22-13-8-14-26(24,25)19-11-4-3-5-12-19;/h3-5,11-12,17-18H,2,6-10,13-16H2,1H3,(H,21,22);1H. The molecule has 2 fully saturated rings. The Hall–Kier alpha value is -0.830. The number of aliphatic imine (C=N–C) groups is 1. The van der Waals surface area contributed by atoms with Gasteiger partial charge in [0.1, 0.15) is 0 Å². The fourth-order valence-corrected chi connectivity index (χ4v) is 5.51. The molecule has 152 valence electrons. The molecule has 1 N–H and O–H groups in total. The van der Waals surface area contributed by atoms with Crippen LogP contribution in [0.15, 0.2) is 40.2 Å². The number of sulfone groups is 1. The van der Waals surface area contributed by atoms with Crippen molar-refractivity contribution in [2.24, 2.45) is 16.8 Å². The monoisotopic (exact) mass is 505 g/mol. The number of benzene rings is 1. The van der Waals surface area contributed by atoms with Gasteiger partial charge in [-0.05, 0) is 50.2 Å². The second-order valence-electron chi connectivity index (χ2n) is 7.43. The Morgan fingerprint density at radius 1 is 1.15 bits per heavy atom. The smallest absolute Gasteiger partial charge is 0.193 e. The Bertz CT molecular complexity index is 695. The average molecular weight is 505 g/mol. The van der Waals surface area contributed by atoms with Crippen LogP contribution in [0.25, 0.3) is 0 Å². The molecule has 0 amide bonds. The average Bonchev–Trinajstić information content (AvgIpc) is 3.09. The molecule has 1 heterocycles. The maximum atomic E-state index is 12.4. The van der Waals surface area contributed by atoms with Crippen LogP contribution >= 0.6 is 24.0 Å². The van der Waals surface area contributed by atoms with Gasteiger partial charge in [0.05, 0.1) is 10.6 Å². The molecular weight excluding hydrogens is 473 g/mol. The third-order valence-corrected chi connectivity index (χ3v) is 7.36. The molecule has 1 aromatic rings. The van der Waals surface area contributed by atoms with Gasteiger partial charge in [0, 0.05) is 26.2 Å². The second-order valence-corrected chi connectivity index (χ2v) is 9.54. The van der Waals surface area contributed by atoms with E-state index in [4.69, 9.17) is 4.99 Å². The number of rotatable bonds is 6. The van der Waals surface area contributed by atoms with Gasteiger partial charge < -0.3 is 10.2 Å². The lowest BCUT2D eigenvalue weighted by Gasteiger charge is -2.22. The van der Waals surface area contributed by atoms with E-state index in [-0.39, 0.29) is 29.7 Å². The van der Waals surface area contributed by atoms with Gasteiger partial charge in [-0.2, -0.15) is 0 Å². The Labute approximate surface area is 181 Å². The van der Waals surface area contributed by atoms with Gasteiger partial charge in [-0.3, -0.25) is 4.99 Å². The first-order chi connectivity index (χ1) is 12.6. The molecule has 0 aromatic heterocycles. The van der Waals surface area contributed by atoms with Crippen LogP contribution in [0.5, 0.6) is 0 Å². The van der Waals surface area contributed by atoms with E-state index in [1.54, 1.807) is 24.3 Å². The lowest BCUT2D eigenvalue weighted by molar-refractivity contribution is 0.299. The lowest BCUT2D eigenvalue weighted by Crippen LogP contribution is -2.40. The molecule has 5 nitrogen and oxygen atoms in total. The van der Waals surface area contributed by atoms with Crippen LogP contribution in [0.4, 0.5) is 0 Å². The summed E-state index contributed by atoms with van der Waals surface area (Å²) >= 11 is 0. The van der Waals surface area contributed by atoms with Crippen molar-refractivity contribution in [2.75, 3.05) is 31.9 Å². The number of guanidine groups is 1. The number of halogens is 1. The summed E-state index contributed by atoms with van der Waals surface area (Å²) < 4.78 is 24.7. The van der Waals surface area contributed by atoms with E-state index in [0.29, 0.717) is 17.9 Å². The summed E-state index contributed by atoms with van der Waals surface area (Å²) in [6.07, 6.45) is 5.96. The minimum absolute atomic E-state index is 0. The Balaban J connectivity index is 0.00000261. The van der Waals surface area contributed by atoms with E-state index in [0.717, 1.165) is 37.4 Å². The topological polar surface area (TPSA) is 61.8 Å². The normalized spacial score (nSPS) is 22.9. The summed E-state index contributed by atoms with van der Waals surface area (Å²) in [5, 5.41) is 3.39. The number of hydrogen-bond donors (Lipinski definition) is 1. The fourth-order valence-electron chi connectivity index (χ4n) is 4.19. The predicted octanol–water partition coefficient (Wildman–Crippen LogP) is 3.56. The fraction of sp³-hybridized carbons (Fsp3) is 0.650. The van der Waals surface area contributed by atoms with Gasteiger partial charge >= 0.3 is 0 Å². The van der Waals surface area contributed by atoms with Crippen LogP contribution in [-0.2, 0) is 9.84 Å². The maximum Gasteiger partial charge on any atom is 0.193 e. The summed E-state index contributed by atoms with van der Waals surface area (Å²) in [6.45, 7) is 5.66. The second kappa shape index (κ2) is 10.6. The number of hydrogen-bond acceptors (Lipinski definition) is 3. The zero-order valence-electron chi connectivity index (χ0n) is 16.1. The molecule has 1 saturated heterocycles. The first kappa shape index (κ1) is 22.5. The number of nitrogens with one attached hydrogen (secondary N) is 1. The first-order valence-electron chi connectivity index (χ1n) is 9.91. The molecule has 0 bridgehead atoms. The number of fused-ring (bicyclic) bond motifs is 1. The summed E-state index contributed by atoms with van der Waals surface area (Å²) in [6, 6.07) is 8.69. The largest absolute Gasteiger partial charge is 0.357 e. The number of likely N-dealkylation sites (tertiary alicyclic amines) is 1. The highest BCUT2D eigenvalue weighted by molar-refractivity contribution is 14.0. The highest BCUT2D eigenvalue weighted by Crippen LogP contribution is 2.35. The van der Waals surface area contributed by atoms with Gasteiger partial charge in [0.25, 0.3) is 0 Å². The quantitative estimate of drug-likeness (QED) is 0.278. The highest BCUT2D eigenvalue weighted by Gasteiger charge is 2.35. The molecule has 1 aliphatic carbocycles. The van der Waals surface area contributed by atoms with Crippen LogP contribution < -0.4 is 5.32 Å². The molecular formula is C20H32IN3O2S. The molecule has 0 spiro atoms. The van der Waals surface area contributed by atoms with E-state index >= 15 is 0 Å². The molecule has 1 aromatic carbocycles. The van der Waals surface area contributed by atoms with Crippen molar-refractivity contribution >= 4 is 39.8 Å². The minimum Gasteiger partial charge on any atom is -0.357 e. The Morgan fingerprint density at radius 3 is 2.37 bits per heavy atom. The molecule has 3 rings (SSSR count). The maximum absolute atomic E-state index is 12.4.